The lowest BCUT2D eigenvalue weighted by Crippen LogP contribution is -2.39. The van der Waals surface area contributed by atoms with E-state index in [0.717, 1.165) is 29.8 Å². The first-order valence-electron chi connectivity index (χ1n) is 7.54. The fraction of sp³-hybridized carbons (Fsp3) is 0.733. The second kappa shape index (κ2) is 6.36. The van der Waals surface area contributed by atoms with E-state index in [1.165, 1.54) is 17.8 Å². The Morgan fingerprint density at radius 1 is 1.38 bits per heavy atom. The van der Waals surface area contributed by atoms with E-state index in [1.54, 1.807) is 6.07 Å². The van der Waals surface area contributed by atoms with Gasteiger partial charge in [-0.3, -0.25) is 0 Å². The predicted molar refractivity (Wildman–Crippen MR) is 88.2 cm³/mol. The number of hydrogen-bond acceptors (Lipinski definition) is 4. The lowest BCUT2D eigenvalue weighted by molar-refractivity contribution is 0.166. The first-order valence-corrected chi connectivity index (χ1v) is 9.84. The zero-order valence-electron chi connectivity index (χ0n) is 13.3. The summed E-state index contributed by atoms with van der Waals surface area (Å²) in [6.45, 7) is 9.56. The van der Waals surface area contributed by atoms with Crippen molar-refractivity contribution in [3.63, 3.8) is 0 Å². The van der Waals surface area contributed by atoms with Gasteiger partial charge in [-0.05, 0) is 36.8 Å². The highest BCUT2D eigenvalue weighted by Crippen LogP contribution is 2.39. The highest BCUT2D eigenvalue weighted by Gasteiger charge is 2.33. The number of thiophene rings is 1. The van der Waals surface area contributed by atoms with Crippen LogP contribution >= 0.6 is 11.3 Å². The Balaban J connectivity index is 2.04. The summed E-state index contributed by atoms with van der Waals surface area (Å²) < 4.78 is 28.0. The molecule has 0 saturated heterocycles. The molecule has 0 radical (unpaired) electrons. The van der Waals surface area contributed by atoms with Crippen molar-refractivity contribution < 1.29 is 8.42 Å². The standard InChI is InChI=1S/C15H26N2O2S2/c1-11(2)16-9-13-12(3)8-14(20-13)21(18,19)17-10-15(4)6-5-7-15/h8,11,16-17H,5-7,9-10H2,1-4H3. The van der Waals surface area contributed by atoms with Gasteiger partial charge in [-0.1, -0.05) is 27.2 Å². The van der Waals surface area contributed by atoms with Gasteiger partial charge in [0.1, 0.15) is 4.21 Å². The van der Waals surface area contributed by atoms with Crippen LogP contribution in [-0.2, 0) is 16.6 Å². The zero-order chi connectivity index (χ0) is 15.7. The Hall–Kier alpha value is -0.430. The molecule has 0 spiro atoms. The predicted octanol–water partition coefficient (Wildman–Crippen LogP) is 3.02. The lowest BCUT2D eigenvalue weighted by atomic mass is 9.71. The third kappa shape index (κ3) is 4.28. The molecule has 1 aliphatic carbocycles. The Kier molecular flexibility index (Phi) is 5.13. The van der Waals surface area contributed by atoms with Gasteiger partial charge in [0.05, 0.1) is 0 Å². The number of sulfonamides is 1. The summed E-state index contributed by atoms with van der Waals surface area (Å²) >= 11 is 1.37. The highest BCUT2D eigenvalue weighted by molar-refractivity contribution is 7.91. The molecule has 1 fully saturated rings. The first-order chi connectivity index (χ1) is 9.72. The van der Waals surface area contributed by atoms with E-state index >= 15 is 0 Å². The van der Waals surface area contributed by atoms with E-state index in [0.29, 0.717) is 16.8 Å². The topological polar surface area (TPSA) is 58.2 Å². The van der Waals surface area contributed by atoms with Crippen LogP contribution in [0.2, 0.25) is 0 Å². The van der Waals surface area contributed by atoms with Crippen molar-refractivity contribution in [1.82, 2.24) is 10.0 Å². The van der Waals surface area contributed by atoms with Crippen LogP contribution in [0.3, 0.4) is 0 Å². The normalized spacial score (nSPS) is 18.0. The summed E-state index contributed by atoms with van der Waals surface area (Å²) in [6, 6.07) is 2.18. The first kappa shape index (κ1) is 16.9. The number of nitrogens with one attached hydrogen (secondary N) is 2. The molecule has 1 saturated carbocycles. The molecule has 0 amide bonds. The van der Waals surface area contributed by atoms with Crippen molar-refractivity contribution in [1.29, 1.82) is 0 Å². The van der Waals surface area contributed by atoms with Gasteiger partial charge in [0.2, 0.25) is 10.0 Å². The molecule has 2 rings (SSSR count). The molecule has 0 unspecified atom stereocenters. The minimum absolute atomic E-state index is 0.154. The molecule has 120 valence electrons. The summed E-state index contributed by atoms with van der Waals surface area (Å²) in [5, 5.41) is 3.34. The summed E-state index contributed by atoms with van der Waals surface area (Å²) in [5.74, 6) is 0. The van der Waals surface area contributed by atoms with Gasteiger partial charge in [0.15, 0.2) is 0 Å². The van der Waals surface area contributed by atoms with Crippen LogP contribution in [0.5, 0.6) is 0 Å². The molecular formula is C15H26N2O2S2. The van der Waals surface area contributed by atoms with Gasteiger partial charge < -0.3 is 5.32 Å². The molecule has 6 heteroatoms. The maximum absolute atomic E-state index is 12.4. The minimum atomic E-state index is -3.37. The van der Waals surface area contributed by atoms with Gasteiger partial charge in [0, 0.05) is 24.0 Å². The van der Waals surface area contributed by atoms with Crippen LogP contribution in [0.15, 0.2) is 10.3 Å². The third-order valence-corrected chi connectivity index (χ3v) is 7.30. The summed E-state index contributed by atoms with van der Waals surface area (Å²) in [4.78, 5) is 1.10. The van der Waals surface area contributed by atoms with E-state index in [9.17, 15) is 8.42 Å². The Labute approximate surface area is 132 Å². The molecule has 1 aromatic rings. The van der Waals surface area contributed by atoms with Crippen molar-refractivity contribution in [2.45, 2.75) is 63.8 Å². The number of rotatable bonds is 7. The van der Waals surface area contributed by atoms with Crippen LogP contribution < -0.4 is 10.0 Å². The van der Waals surface area contributed by atoms with Crippen LogP contribution in [0, 0.1) is 12.3 Å². The molecule has 2 N–H and O–H groups in total. The highest BCUT2D eigenvalue weighted by atomic mass is 32.2. The monoisotopic (exact) mass is 330 g/mol. The molecule has 0 aliphatic heterocycles. The average molecular weight is 331 g/mol. The smallest absolute Gasteiger partial charge is 0.250 e. The van der Waals surface area contributed by atoms with Crippen molar-refractivity contribution in [3.8, 4) is 0 Å². The summed E-state index contributed by atoms with van der Waals surface area (Å²) in [6.07, 6.45) is 3.44. The van der Waals surface area contributed by atoms with Crippen molar-refractivity contribution in [2.24, 2.45) is 5.41 Å². The van der Waals surface area contributed by atoms with Crippen molar-refractivity contribution in [3.05, 3.63) is 16.5 Å². The molecule has 4 nitrogen and oxygen atoms in total. The third-order valence-electron chi connectivity index (χ3n) is 4.18. The second-order valence-corrected chi connectivity index (χ2v) is 9.83. The number of aryl methyl sites for hydroxylation is 1. The molecular weight excluding hydrogens is 304 g/mol. The molecule has 0 atom stereocenters. The number of hydrogen-bond donors (Lipinski definition) is 2. The van der Waals surface area contributed by atoms with Gasteiger partial charge in [-0.15, -0.1) is 11.3 Å². The van der Waals surface area contributed by atoms with E-state index in [1.807, 2.05) is 6.92 Å². The summed E-state index contributed by atoms with van der Waals surface area (Å²) in [7, 11) is -3.37. The quantitative estimate of drug-likeness (QED) is 0.808. The van der Waals surface area contributed by atoms with Gasteiger partial charge in [0.25, 0.3) is 0 Å². The van der Waals surface area contributed by atoms with Crippen LogP contribution in [0.25, 0.3) is 0 Å². The zero-order valence-corrected chi connectivity index (χ0v) is 15.0. The van der Waals surface area contributed by atoms with Crippen LogP contribution in [-0.4, -0.2) is 21.0 Å². The summed E-state index contributed by atoms with van der Waals surface area (Å²) in [5.41, 5.74) is 1.20. The molecule has 0 bridgehead atoms. The van der Waals surface area contributed by atoms with Crippen molar-refractivity contribution >= 4 is 21.4 Å². The Morgan fingerprint density at radius 2 is 2.05 bits per heavy atom. The maximum atomic E-state index is 12.4. The van der Waals surface area contributed by atoms with E-state index in [2.05, 4.69) is 30.8 Å². The molecule has 0 aromatic carbocycles. The SMILES string of the molecule is Cc1cc(S(=O)(=O)NCC2(C)CCC2)sc1CNC(C)C. The minimum Gasteiger partial charge on any atom is -0.310 e. The van der Waals surface area contributed by atoms with Gasteiger partial charge in [-0.2, -0.15) is 0 Å². The molecule has 1 heterocycles. The van der Waals surface area contributed by atoms with Gasteiger partial charge >= 0.3 is 0 Å². The second-order valence-electron chi connectivity index (χ2n) is 6.70. The molecule has 21 heavy (non-hydrogen) atoms. The lowest BCUT2D eigenvalue weighted by Gasteiger charge is -2.38. The Morgan fingerprint density at radius 3 is 2.57 bits per heavy atom. The fourth-order valence-electron chi connectivity index (χ4n) is 2.39. The fourth-order valence-corrected chi connectivity index (χ4v) is 5.17. The van der Waals surface area contributed by atoms with Gasteiger partial charge in [-0.25, -0.2) is 13.1 Å². The van der Waals surface area contributed by atoms with E-state index < -0.39 is 10.0 Å². The van der Waals surface area contributed by atoms with Crippen LogP contribution in [0.1, 0.15) is 50.5 Å². The van der Waals surface area contributed by atoms with E-state index in [-0.39, 0.29) is 5.41 Å². The maximum Gasteiger partial charge on any atom is 0.250 e. The average Bonchev–Trinajstić information content (AvgIpc) is 2.74. The van der Waals surface area contributed by atoms with Crippen molar-refractivity contribution in [2.75, 3.05) is 6.54 Å². The Bertz CT molecular complexity index is 587. The van der Waals surface area contributed by atoms with E-state index in [4.69, 9.17) is 0 Å². The largest absolute Gasteiger partial charge is 0.310 e. The van der Waals surface area contributed by atoms with Crippen LogP contribution in [0.4, 0.5) is 0 Å². The molecule has 1 aromatic heterocycles. The molecule has 1 aliphatic rings.